The summed E-state index contributed by atoms with van der Waals surface area (Å²) in [5, 5.41) is 23.3. The van der Waals surface area contributed by atoms with Crippen molar-refractivity contribution in [1.29, 1.82) is 0 Å². The highest BCUT2D eigenvalue weighted by molar-refractivity contribution is 5.76. The van der Waals surface area contributed by atoms with Gasteiger partial charge in [-0.25, -0.2) is 0 Å². The summed E-state index contributed by atoms with van der Waals surface area (Å²) in [5.74, 6) is -0.0692. The summed E-state index contributed by atoms with van der Waals surface area (Å²) in [6.45, 7) is 4.87. The predicted molar refractivity (Wildman–Crippen MR) is 301 cm³/mol. The second-order valence-electron chi connectivity index (χ2n) is 21.4. The van der Waals surface area contributed by atoms with Crippen molar-refractivity contribution in [1.82, 2.24) is 5.32 Å². The Morgan fingerprint density at radius 3 is 1.10 bits per heavy atom. The zero-order chi connectivity index (χ0) is 50.0. The average molecular weight is 973 g/mol. The van der Waals surface area contributed by atoms with Crippen molar-refractivity contribution in [3.05, 3.63) is 24.3 Å². The van der Waals surface area contributed by atoms with E-state index in [-0.39, 0.29) is 18.5 Å². The first-order valence-corrected chi connectivity index (χ1v) is 31.1. The molecule has 1 amide bonds. The van der Waals surface area contributed by atoms with E-state index in [2.05, 4.69) is 43.5 Å². The molecule has 69 heavy (non-hydrogen) atoms. The number of amides is 1. The van der Waals surface area contributed by atoms with E-state index >= 15 is 0 Å². The number of nitrogens with one attached hydrogen (secondary N) is 1. The van der Waals surface area contributed by atoms with E-state index in [1.165, 1.54) is 257 Å². The quantitative estimate of drug-likeness (QED) is 0.0321. The molecule has 6 nitrogen and oxygen atoms in total. The minimum Gasteiger partial charge on any atom is -0.465 e. The molecule has 2 unspecified atom stereocenters. The molecule has 0 fully saturated rings. The van der Waals surface area contributed by atoms with Crippen LogP contribution in [0, 0.1) is 0 Å². The van der Waals surface area contributed by atoms with Crippen LogP contribution in [0.25, 0.3) is 0 Å². The molecule has 0 heterocycles. The zero-order valence-corrected chi connectivity index (χ0v) is 46.6. The molecule has 3 N–H and O–H groups in total. The Morgan fingerprint density at radius 2 is 0.725 bits per heavy atom. The Balaban J connectivity index is 3.44. The smallest absolute Gasteiger partial charge is 0.305 e. The first kappa shape index (κ1) is 67.3. The van der Waals surface area contributed by atoms with Crippen molar-refractivity contribution in [3.8, 4) is 0 Å². The molecule has 0 radical (unpaired) electrons. The Morgan fingerprint density at radius 1 is 0.406 bits per heavy atom. The molecule has 408 valence electrons. The summed E-state index contributed by atoms with van der Waals surface area (Å²) in [7, 11) is 0. The van der Waals surface area contributed by atoms with Crippen molar-refractivity contribution in [2.24, 2.45) is 0 Å². The van der Waals surface area contributed by atoms with E-state index in [1.54, 1.807) is 0 Å². The fourth-order valence-corrected chi connectivity index (χ4v) is 9.77. The Kier molecular flexibility index (Phi) is 57.5. The van der Waals surface area contributed by atoms with Crippen molar-refractivity contribution in [3.63, 3.8) is 0 Å². The molecule has 0 bridgehead atoms. The molecule has 0 saturated carbocycles. The average Bonchev–Trinajstić information content (AvgIpc) is 3.35. The molecule has 0 aliphatic carbocycles. The van der Waals surface area contributed by atoms with Gasteiger partial charge in [0.1, 0.15) is 0 Å². The highest BCUT2D eigenvalue weighted by Gasteiger charge is 2.20. The third kappa shape index (κ3) is 55.5. The standard InChI is InChI=1S/C63H121NO5/c1-3-5-7-9-11-13-15-17-19-28-31-35-39-43-47-51-55-61(66)60(59-65)64-62(67)56-52-48-44-40-36-32-29-25-23-21-20-22-24-26-30-34-38-42-46-50-54-58-69-63(68)57-53-49-45-41-37-33-27-18-16-14-12-10-8-6-4-2/h34,38,46,50,60-61,65-66H,3-33,35-37,39-45,47-49,51-59H2,1-2H3,(H,64,67)/b38-34-,50-46-. The fourth-order valence-electron chi connectivity index (χ4n) is 9.77. The molecular weight excluding hydrogens is 851 g/mol. The first-order chi connectivity index (χ1) is 34.0. The summed E-state index contributed by atoms with van der Waals surface area (Å²) in [4.78, 5) is 24.5. The number of hydrogen-bond acceptors (Lipinski definition) is 5. The summed E-state index contributed by atoms with van der Waals surface area (Å²) in [6.07, 6.45) is 72.0. The molecule has 0 aliphatic rings. The minimum absolute atomic E-state index is 0.0318. The van der Waals surface area contributed by atoms with Crippen LogP contribution in [-0.4, -0.2) is 47.4 Å². The topological polar surface area (TPSA) is 95.9 Å². The molecule has 0 saturated heterocycles. The van der Waals surface area contributed by atoms with Crippen LogP contribution in [0.3, 0.4) is 0 Å². The van der Waals surface area contributed by atoms with E-state index < -0.39 is 12.1 Å². The highest BCUT2D eigenvalue weighted by Crippen LogP contribution is 2.18. The van der Waals surface area contributed by atoms with E-state index in [9.17, 15) is 19.8 Å². The molecule has 6 heteroatoms. The van der Waals surface area contributed by atoms with Gasteiger partial charge in [-0.3, -0.25) is 9.59 Å². The van der Waals surface area contributed by atoms with Crippen LogP contribution >= 0.6 is 0 Å². The number of carbonyl (C=O) groups excluding carboxylic acids is 2. The van der Waals surface area contributed by atoms with E-state index in [4.69, 9.17) is 4.74 Å². The number of allylic oxidation sites excluding steroid dienone is 3. The number of unbranched alkanes of at least 4 members (excludes halogenated alkanes) is 43. The van der Waals surface area contributed by atoms with E-state index in [1.807, 2.05) is 0 Å². The summed E-state index contributed by atoms with van der Waals surface area (Å²) in [5.41, 5.74) is 0. The van der Waals surface area contributed by atoms with Gasteiger partial charge < -0.3 is 20.3 Å². The largest absolute Gasteiger partial charge is 0.465 e. The first-order valence-electron chi connectivity index (χ1n) is 31.1. The van der Waals surface area contributed by atoms with Gasteiger partial charge in [0.25, 0.3) is 0 Å². The molecule has 0 rings (SSSR count). The van der Waals surface area contributed by atoms with Crippen molar-refractivity contribution in [2.45, 2.75) is 353 Å². The predicted octanol–water partition coefficient (Wildman–Crippen LogP) is 19.4. The maximum absolute atomic E-state index is 12.5. The van der Waals surface area contributed by atoms with Gasteiger partial charge in [-0.05, 0) is 44.9 Å². The van der Waals surface area contributed by atoms with Gasteiger partial charge in [-0.2, -0.15) is 0 Å². The lowest BCUT2D eigenvalue weighted by atomic mass is 10.0. The molecule has 0 aromatic carbocycles. The molecule has 2 atom stereocenters. The number of carbonyl (C=O) groups is 2. The fraction of sp³-hybridized carbons (Fsp3) is 0.905. The van der Waals surface area contributed by atoms with Crippen LogP contribution in [0.2, 0.25) is 0 Å². The zero-order valence-electron chi connectivity index (χ0n) is 46.6. The third-order valence-electron chi connectivity index (χ3n) is 14.5. The lowest BCUT2D eigenvalue weighted by molar-refractivity contribution is -0.143. The monoisotopic (exact) mass is 972 g/mol. The lowest BCUT2D eigenvalue weighted by Crippen LogP contribution is -2.45. The van der Waals surface area contributed by atoms with E-state index in [0.717, 1.165) is 51.4 Å². The van der Waals surface area contributed by atoms with Crippen LogP contribution in [-0.2, 0) is 14.3 Å². The van der Waals surface area contributed by atoms with Gasteiger partial charge >= 0.3 is 5.97 Å². The van der Waals surface area contributed by atoms with Crippen LogP contribution in [0.4, 0.5) is 0 Å². The Hall–Kier alpha value is -1.66. The Labute approximate surface area is 431 Å². The summed E-state index contributed by atoms with van der Waals surface area (Å²) in [6, 6.07) is -0.545. The van der Waals surface area contributed by atoms with Crippen LogP contribution < -0.4 is 5.32 Å². The summed E-state index contributed by atoms with van der Waals surface area (Å²) >= 11 is 0. The number of rotatable bonds is 58. The molecule has 0 spiro atoms. The van der Waals surface area contributed by atoms with Crippen LogP contribution in [0.1, 0.15) is 341 Å². The van der Waals surface area contributed by atoms with Crippen LogP contribution in [0.5, 0.6) is 0 Å². The van der Waals surface area contributed by atoms with Crippen molar-refractivity contribution in [2.75, 3.05) is 13.2 Å². The number of ether oxygens (including phenoxy) is 1. The normalized spacial score (nSPS) is 12.7. The molecule has 0 aliphatic heterocycles. The molecule has 0 aromatic heterocycles. The Bertz CT molecular complexity index is 1080. The second-order valence-corrected chi connectivity index (χ2v) is 21.4. The van der Waals surface area contributed by atoms with Gasteiger partial charge in [-0.15, -0.1) is 0 Å². The van der Waals surface area contributed by atoms with Gasteiger partial charge in [-0.1, -0.05) is 308 Å². The highest BCUT2D eigenvalue weighted by atomic mass is 16.5. The molecule has 0 aromatic rings. The second kappa shape index (κ2) is 58.9. The van der Waals surface area contributed by atoms with Crippen LogP contribution in [0.15, 0.2) is 24.3 Å². The lowest BCUT2D eigenvalue weighted by Gasteiger charge is -2.22. The number of aliphatic hydroxyl groups is 2. The maximum Gasteiger partial charge on any atom is 0.305 e. The number of aliphatic hydroxyl groups excluding tert-OH is 2. The minimum atomic E-state index is -0.667. The van der Waals surface area contributed by atoms with E-state index in [0.29, 0.717) is 25.9 Å². The SMILES string of the molecule is CCCCCCCCCCCCCCCCCCC(O)C(CO)NC(=O)CCCCCCCCCCCCCCCC/C=C\C/C=C\CCOC(=O)CCCCCCCCCCCCCCCCC. The van der Waals surface area contributed by atoms with Crippen molar-refractivity contribution >= 4 is 11.9 Å². The maximum atomic E-state index is 12.5. The third-order valence-corrected chi connectivity index (χ3v) is 14.5. The van der Waals surface area contributed by atoms with Gasteiger partial charge in [0, 0.05) is 12.8 Å². The number of hydrogen-bond donors (Lipinski definition) is 3. The summed E-state index contributed by atoms with van der Waals surface area (Å²) < 4.78 is 5.42. The van der Waals surface area contributed by atoms with Gasteiger partial charge in [0.2, 0.25) is 5.91 Å². The van der Waals surface area contributed by atoms with Gasteiger partial charge in [0.15, 0.2) is 0 Å². The number of esters is 1. The molecular formula is C63H121NO5. The van der Waals surface area contributed by atoms with Gasteiger partial charge in [0.05, 0.1) is 25.4 Å². The van der Waals surface area contributed by atoms with Crippen molar-refractivity contribution < 1.29 is 24.5 Å².